The fraction of sp³-hybridized carbons (Fsp3) is 0.200. The predicted molar refractivity (Wildman–Crippen MR) is 71.1 cm³/mol. The molecule has 2 aromatic carbocycles. The molecule has 0 radical (unpaired) electrons. The topological polar surface area (TPSA) is 49.7 Å². The SMILES string of the molecule is CCc1ccc(-c2cc(O)c(O)c(OC)c2)cc1. The first-order valence-corrected chi connectivity index (χ1v) is 5.85. The van der Waals surface area contributed by atoms with Crippen LogP contribution in [0.5, 0.6) is 17.2 Å². The highest BCUT2D eigenvalue weighted by atomic mass is 16.5. The van der Waals surface area contributed by atoms with Crippen LogP contribution in [0.4, 0.5) is 0 Å². The minimum Gasteiger partial charge on any atom is -0.504 e. The second kappa shape index (κ2) is 5.00. The highest BCUT2D eigenvalue weighted by Gasteiger charge is 2.10. The van der Waals surface area contributed by atoms with Crippen molar-refractivity contribution < 1.29 is 14.9 Å². The number of aromatic hydroxyl groups is 2. The van der Waals surface area contributed by atoms with Gasteiger partial charge in [0.2, 0.25) is 5.75 Å². The Hall–Kier alpha value is -2.16. The van der Waals surface area contributed by atoms with Crippen LogP contribution < -0.4 is 4.74 Å². The van der Waals surface area contributed by atoms with Crippen molar-refractivity contribution in [1.29, 1.82) is 0 Å². The minimum absolute atomic E-state index is 0.177. The van der Waals surface area contributed by atoms with Gasteiger partial charge in [0.25, 0.3) is 0 Å². The lowest BCUT2D eigenvalue weighted by atomic mass is 10.0. The van der Waals surface area contributed by atoms with E-state index in [1.807, 2.05) is 24.3 Å². The van der Waals surface area contributed by atoms with Crippen LogP contribution in [0, 0.1) is 0 Å². The van der Waals surface area contributed by atoms with Gasteiger partial charge in [0, 0.05) is 0 Å². The van der Waals surface area contributed by atoms with E-state index in [0.29, 0.717) is 0 Å². The quantitative estimate of drug-likeness (QED) is 0.814. The van der Waals surface area contributed by atoms with Crippen molar-refractivity contribution in [2.24, 2.45) is 0 Å². The van der Waals surface area contributed by atoms with Crippen molar-refractivity contribution in [2.75, 3.05) is 7.11 Å². The summed E-state index contributed by atoms with van der Waals surface area (Å²) < 4.78 is 5.02. The molecule has 0 amide bonds. The fourth-order valence-electron chi connectivity index (χ4n) is 1.85. The first-order chi connectivity index (χ1) is 8.65. The Bertz CT molecular complexity index is 544. The van der Waals surface area contributed by atoms with Crippen molar-refractivity contribution in [3.05, 3.63) is 42.0 Å². The predicted octanol–water partition coefficient (Wildman–Crippen LogP) is 3.34. The maximum absolute atomic E-state index is 9.64. The number of methoxy groups -OCH3 is 1. The summed E-state index contributed by atoms with van der Waals surface area (Å²) in [5, 5.41) is 19.2. The van der Waals surface area contributed by atoms with Gasteiger partial charge in [-0.1, -0.05) is 31.2 Å². The van der Waals surface area contributed by atoms with Crippen LogP contribution in [0.1, 0.15) is 12.5 Å². The molecule has 94 valence electrons. The van der Waals surface area contributed by atoms with Crippen LogP contribution in [-0.4, -0.2) is 17.3 Å². The van der Waals surface area contributed by atoms with E-state index in [4.69, 9.17) is 4.74 Å². The molecule has 0 aliphatic heterocycles. The molecular formula is C15H16O3. The van der Waals surface area contributed by atoms with Gasteiger partial charge in [0.1, 0.15) is 0 Å². The Morgan fingerprint density at radius 2 is 1.67 bits per heavy atom. The smallest absolute Gasteiger partial charge is 0.200 e. The zero-order valence-electron chi connectivity index (χ0n) is 10.5. The lowest BCUT2D eigenvalue weighted by Gasteiger charge is -2.09. The van der Waals surface area contributed by atoms with Crippen molar-refractivity contribution >= 4 is 0 Å². The molecule has 0 heterocycles. The van der Waals surface area contributed by atoms with Gasteiger partial charge < -0.3 is 14.9 Å². The molecule has 2 aromatic rings. The van der Waals surface area contributed by atoms with Crippen LogP contribution >= 0.6 is 0 Å². The Morgan fingerprint density at radius 3 is 2.22 bits per heavy atom. The molecule has 3 nitrogen and oxygen atoms in total. The van der Waals surface area contributed by atoms with E-state index in [1.54, 1.807) is 6.07 Å². The molecule has 3 heteroatoms. The van der Waals surface area contributed by atoms with E-state index >= 15 is 0 Å². The zero-order valence-corrected chi connectivity index (χ0v) is 10.5. The van der Waals surface area contributed by atoms with Gasteiger partial charge in [0.05, 0.1) is 7.11 Å². The highest BCUT2D eigenvalue weighted by molar-refractivity contribution is 5.70. The van der Waals surface area contributed by atoms with E-state index in [-0.39, 0.29) is 17.2 Å². The maximum Gasteiger partial charge on any atom is 0.200 e. The molecule has 2 N–H and O–H groups in total. The third-order valence-corrected chi connectivity index (χ3v) is 2.97. The van der Waals surface area contributed by atoms with Crippen LogP contribution in [-0.2, 0) is 6.42 Å². The van der Waals surface area contributed by atoms with E-state index in [1.165, 1.54) is 18.7 Å². The molecule has 2 rings (SSSR count). The zero-order chi connectivity index (χ0) is 13.1. The summed E-state index contributed by atoms with van der Waals surface area (Å²) in [6, 6.07) is 11.3. The molecule has 0 unspecified atom stereocenters. The molecule has 0 atom stereocenters. The Balaban J connectivity index is 2.46. The molecule has 0 aliphatic rings. The largest absolute Gasteiger partial charge is 0.504 e. The summed E-state index contributed by atoms with van der Waals surface area (Å²) >= 11 is 0. The monoisotopic (exact) mass is 244 g/mol. The summed E-state index contributed by atoms with van der Waals surface area (Å²) in [5.74, 6) is -0.139. The number of phenols is 2. The summed E-state index contributed by atoms with van der Waals surface area (Å²) in [6.45, 7) is 2.10. The first kappa shape index (κ1) is 12.3. The van der Waals surface area contributed by atoms with Gasteiger partial charge in [-0.2, -0.15) is 0 Å². The van der Waals surface area contributed by atoms with Crippen LogP contribution in [0.15, 0.2) is 36.4 Å². The van der Waals surface area contributed by atoms with E-state index in [0.717, 1.165) is 17.5 Å². The summed E-state index contributed by atoms with van der Waals surface area (Å²) in [5.41, 5.74) is 3.04. The summed E-state index contributed by atoms with van der Waals surface area (Å²) in [4.78, 5) is 0. The second-order valence-electron chi connectivity index (χ2n) is 4.10. The van der Waals surface area contributed by atoms with Crippen molar-refractivity contribution in [2.45, 2.75) is 13.3 Å². The molecule has 18 heavy (non-hydrogen) atoms. The number of phenolic OH excluding ortho intramolecular Hbond substituents is 2. The van der Waals surface area contributed by atoms with Crippen molar-refractivity contribution in [1.82, 2.24) is 0 Å². The number of aryl methyl sites for hydroxylation is 1. The summed E-state index contributed by atoms with van der Waals surface area (Å²) in [6.07, 6.45) is 0.991. The Kier molecular flexibility index (Phi) is 3.42. The molecule has 0 aliphatic carbocycles. The standard InChI is InChI=1S/C15H16O3/c1-3-10-4-6-11(7-5-10)12-8-13(16)15(17)14(9-12)18-2/h4-9,16-17H,3H2,1-2H3. The van der Waals surface area contributed by atoms with E-state index in [9.17, 15) is 10.2 Å². The van der Waals surface area contributed by atoms with Crippen molar-refractivity contribution in [3.63, 3.8) is 0 Å². The van der Waals surface area contributed by atoms with Gasteiger partial charge in [-0.3, -0.25) is 0 Å². The highest BCUT2D eigenvalue weighted by Crippen LogP contribution is 2.39. The molecule has 0 spiro atoms. The van der Waals surface area contributed by atoms with Crippen LogP contribution in [0.25, 0.3) is 11.1 Å². The van der Waals surface area contributed by atoms with Crippen LogP contribution in [0.2, 0.25) is 0 Å². The lowest BCUT2D eigenvalue weighted by molar-refractivity contribution is 0.351. The van der Waals surface area contributed by atoms with Crippen LogP contribution in [0.3, 0.4) is 0 Å². The minimum atomic E-state index is -0.230. The molecular weight excluding hydrogens is 228 g/mol. The summed E-state index contributed by atoms with van der Waals surface area (Å²) in [7, 11) is 1.46. The second-order valence-corrected chi connectivity index (χ2v) is 4.10. The van der Waals surface area contributed by atoms with E-state index in [2.05, 4.69) is 6.92 Å². The molecule has 0 bridgehead atoms. The normalized spacial score (nSPS) is 10.3. The fourth-order valence-corrected chi connectivity index (χ4v) is 1.85. The number of hydrogen-bond donors (Lipinski definition) is 2. The third-order valence-electron chi connectivity index (χ3n) is 2.97. The number of hydrogen-bond acceptors (Lipinski definition) is 3. The lowest BCUT2D eigenvalue weighted by Crippen LogP contribution is -1.87. The Labute approximate surface area is 106 Å². The van der Waals surface area contributed by atoms with Gasteiger partial charge in [-0.15, -0.1) is 0 Å². The Morgan fingerprint density at radius 1 is 1.00 bits per heavy atom. The van der Waals surface area contributed by atoms with Gasteiger partial charge in [-0.25, -0.2) is 0 Å². The average molecular weight is 244 g/mol. The molecule has 0 aromatic heterocycles. The number of rotatable bonds is 3. The first-order valence-electron chi connectivity index (χ1n) is 5.85. The third kappa shape index (κ3) is 2.25. The average Bonchev–Trinajstić information content (AvgIpc) is 2.42. The number of benzene rings is 2. The van der Waals surface area contributed by atoms with Crippen molar-refractivity contribution in [3.8, 4) is 28.4 Å². The number of ether oxygens (including phenoxy) is 1. The van der Waals surface area contributed by atoms with E-state index < -0.39 is 0 Å². The molecule has 0 saturated heterocycles. The molecule has 0 saturated carbocycles. The molecule has 0 fully saturated rings. The van der Waals surface area contributed by atoms with Gasteiger partial charge in [0.15, 0.2) is 11.5 Å². The maximum atomic E-state index is 9.64. The van der Waals surface area contributed by atoms with Gasteiger partial charge in [-0.05, 0) is 35.2 Å². The van der Waals surface area contributed by atoms with Gasteiger partial charge >= 0.3 is 0 Å².